The predicted octanol–water partition coefficient (Wildman–Crippen LogP) is 1.58. The average Bonchev–Trinajstić information content (AvgIpc) is 2.36. The van der Waals surface area contributed by atoms with Crippen LogP contribution in [0.5, 0.6) is 11.5 Å². The second kappa shape index (κ2) is 5.90. The quantitative estimate of drug-likeness (QED) is 0.803. The highest BCUT2D eigenvalue weighted by Crippen LogP contribution is 2.33. The molecule has 1 aromatic rings. The number of rotatable bonds is 5. The van der Waals surface area contributed by atoms with Gasteiger partial charge in [0, 0.05) is 0 Å². The van der Waals surface area contributed by atoms with Gasteiger partial charge in [0.05, 0.1) is 26.4 Å². The van der Waals surface area contributed by atoms with Gasteiger partial charge in [-0.05, 0) is 19.1 Å². The van der Waals surface area contributed by atoms with Crippen LogP contribution in [0.4, 0.5) is 0 Å². The molecule has 1 aromatic carbocycles. The Balaban J connectivity index is 3.44. The molecular formula is C12H14O6. The van der Waals surface area contributed by atoms with Gasteiger partial charge in [0.15, 0.2) is 11.5 Å². The lowest BCUT2D eigenvalue weighted by atomic mass is 10.1. The van der Waals surface area contributed by atoms with Crippen molar-refractivity contribution in [3.05, 3.63) is 23.3 Å². The van der Waals surface area contributed by atoms with E-state index in [9.17, 15) is 14.7 Å². The molecule has 0 bridgehead atoms. The fourth-order valence-corrected chi connectivity index (χ4v) is 1.52. The minimum absolute atomic E-state index is 0.00412. The molecule has 0 amide bonds. The van der Waals surface area contributed by atoms with Gasteiger partial charge in [0.2, 0.25) is 0 Å². The molecule has 0 saturated carbocycles. The predicted molar refractivity (Wildman–Crippen MR) is 62.5 cm³/mol. The third-order valence-electron chi connectivity index (χ3n) is 2.25. The number of hydrogen-bond acceptors (Lipinski definition) is 5. The first-order valence-corrected chi connectivity index (χ1v) is 5.22. The van der Waals surface area contributed by atoms with Crippen molar-refractivity contribution in [2.45, 2.75) is 6.92 Å². The van der Waals surface area contributed by atoms with Crippen LogP contribution in [0.15, 0.2) is 12.1 Å². The number of carbonyl (C=O) groups is 2. The fraction of sp³-hybridized carbons (Fsp3) is 0.333. The number of esters is 1. The molecule has 0 atom stereocenters. The Bertz CT molecular complexity index is 466. The lowest BCUT2D eigenvalue weighted by Gasteiger charge is -2.13. The van der Waals surface area contributed by atoms with Gasteiger partial charge in [-0.25, -0.2) is 9.59 Å². The minimum atomic E-state index is -1.28. The van der Waals surface area contributed by atoms with Crippen LogP contribution >= 0.6 is 0 Å². The number of carboxylic acids is 1. The van der Waals surface area contributed by atoms with Crippen LogP contribution in [0.3, 0.4) is 0 Å². The van der Waals surface area contributed by atoms with E-state index in [2.05, 4.69) is 0 Å². The highest BCUT2D eigenvalue weighted by Gasteiger charge is 2.25. The molecule has 0 fully saturated rings. The van der Waals surface area contributed by atoms with Crippen LogP contribution in [0.25, 0.3) is 0 Å². The molecular weight excluding hydrogens is 240 g/mol. The maximum Gasteiger partial charge on any atom is 0.340 e. The summed E-state index contributed by atoms with van der Waals surface area (Å²) in [5.74, 6) is -1.76. The Labute approximate surface area is 104 Å². The van der Waals surface area contributed by atoms with Crippen molar-refractivity contribution in [2.24, 2.45) is 0 Å². The van der Waals surface area contributed by atoms with Gasteiger partial charge in [0.1, 0.15) is 5.56 Å². The summed E-state index contributed by atoms with van der Waals surface area (Å²) in [4.78, 5) is 22.9. The Hall–Kier alpha value is -2.24. The molecule has 1 rings (SSSR count). The zero-order valence-electron chi connectivity index (χ0n) is 10.4. The van der Waals surface area contributed by atoms with Gasteiger partial charge in [-0.1, -0.05) is 0 Å². The van der Waals surface area contributed by atoms with Crippen molar-refractivity contribution in [3.8, 4) is 11.5 Å². The molecule has 0 saturated heterocycles. The van der Waals surface area contributed by atoms with E-state index < -0.39 is 11.9 Å². The molecule has 98 valence electrons. The lowest BCUT2D eigenvalue weighted by molar-refractivity contribution is 0.0513. The largest absolute Gasteiger partial charge is 0.493 e. The van der Waals surface area contributed by atoms with Crippen molar-refractivity contribution in [1.82, 2.24) is 0 Å². The number of methoxy groups -OCH3 is 2. The monoisotopic (exact) mass is 254 g/mol. The molecule has 0 aliphatic rings. The maximum atomic E-state index is 11.7. The second-order valence-electron chi connectivity index (χ2n) is 3.25. The van der Waals surface area contributed by atoms with Crippen molar-refractivity contribution >= 4 is 11.9 Å². The van der Waals surface area contributed by atoms with Gasteiger partial charge in [-0.2, -0.15) is 0 Å². The molecule has 6 nitrogen and oxygen atoms in total. The normalized spacial score (nSPS) is 9.72. The molecule has 6 heteroatoms. The topological polar surface area (TPSA) is 82.1 Å². The summed E-state index contributed by atoms with van der Waals surface area (Å²) < 4.78 is 14.8. The smallest absolute Gasteiger partial charge is 0.340 e. The van der Waals surface area contributed by atoms with E-state index in [4.69, 9.17) is 14.2 Å². The zero-order chi connectivity index (χ0) is 13.7. The van der Waals surface area contributed by atoms with Crippen molar-refractivity contribution in [2.75, 3.05) is 20.8 Å². The summed E-state index contributed by atoms with van der Waals surface area (Å²) >= 11 is 0. The Morgan fingerprint density at radius 1 is 1.22 bits per heavy atom. The first-order chi connectivity index (χ1) is 8.56. The number of ether oxygens (including phenoxy) is 3. The summed E-state index contributed by atoms with van der Waals surface area (Å²) in [6, 6.07) is 2.79. The van der Waals surface area contributed by atoms with E-state index in [0.717, 1.165) is 0 Å². The molecule has 0 radical (unpaired) electrons. The fourth-order valence-electron chi connectivity index (χ4n) is 1.52. The van der Waals surface area contributed by atoms with E-state index >= 15 is 0 Å². The van der Waals surface area contributed by atoms with Crippen molar-refractivity contribution in [1.29, 1.82) is 0 Å². The van der Waals surface area contributed by atoms with Gasteiger partial charge in [0.25, 0.3) is 0 Å². The third-order valence-corrected chi connectivity index (χ3v) is 2.25. The van der Waals surface area contributed by atoms with Crippen molar-refractivity contribution in [3.63, 3.8) is 0 Å². The standard InChI is InChI=1S/C12H14O6/c1-4-18-12(15)7-5-6-8(16-2)10(17-3)9(7)11(13)14/h5-6H,4H2,1-3H3,(H,13,14). The summed E-state index contributed by atoms with van der Waals surface area (Å²) in [6.07, 6.45) is 0. The molecule has 0 heterocycles. The molecule has 0 aliphatic carbocycles. The Morgan fingerprint density at radius 2 is 1.89 bits per heavy atom. The Kier molecular flexibility index (Phi) is 4.53. The van der Waals surface area contributed by atoms with Gasteiger partial charge in [-0.3, -0.25) is 0 Å². The summed E-state index contributed by atoms with van der Waals surface area (Å²) in [5, 5.41) is 9.17. The zero-order valence-corrected chi connectivity index (χ0v) is 10.4. The minimum Gasteiger partial charge on any atom is -0.493 e. The van der Waals surface area contributed by atoms with E-state index in [0.29, 0.717) is 0 Å². The molecule has 0 aromatic heterocycles. The first-order valence-electron chi connectivity index (χ1n) is 5.22. The maximum absolute atomic E-state index is 11.7. The lowest BCUT2D eigenvalue weighted by Crippen LogP contribution is -2.13. The number of aromatic carboxylic acids is 1. The summed E-state index contributed by atoms with van der Waals surface area (Å²) in [6.45, 7) is 1.80. The highest BCUT2D eigenvalue weighted by atomic mass is 16.5. The van der Waals surface area contributed by atoms with Gasteiger partial charge in [-0.15, -0.1) is 0 Å². The highest BCUT2D eigenvalue weighted by molar-refractivity contribution is 6.05. The van der Waals surface area contributed by atoms with Crippen LogP contribution in [0.2, 0.25) is 0 Å². The summed E-state index contributed by atoms with van der Waals surface area (Å²) in [5.41, 5.74) is -0.336. The second-order valence-corrected chi connectivity index (χ2v) is 3.25. The van der Waals surface area contributed by atoms with E-state index in [1.54, 1.807) is 6.92 Å². The van der Waals surface area contributed by atoms with Crippen LogP contribution in [-0.2, 0) is 4.74 Å². The van der Waals surface area contributed by atoms with E-state index in [-0.39, 0.29) is 29.2 Å². The third kappa shape index (κ3) is 2.53. The SMILES string of the molecule is CCOC(=O)c1ccc(OC)c(OC)c1C(=O)O. The number of carboxylic acid groups (broad SMARTS) is 1. The molecule has 18 heavy (non-hydrogen) atoms. The van der Waals surface area contributed by atoms with Crippen LogP contribution in [-0.4, -0.2) is 37.9 Å². The number of benzene rings is 1. The molecule has 1 N–H and O–H groups in total. The number of hydrogen-bond donors (Lipinski definition) is 1. The van der Waals surface area contributed by atoms with Crippen LogP contribution in [0, 0.1) is 0 Å². The molecule has 0 spiro atoms. The van der Waals surface area contributed by atoms with E-state index in [1.165, 1.54) is 26.4 Å². The summed E-state index contributed by atoms with van der Waals surface area (Å²) in [7, 11) is 2.69. The van der Waals surface area contributed by atoms with Crippen LogP contribution in [0.1, 0.15) is 27.6 Å². The van der Waals surface area contributed by atoms with Gasteiger partial charge >= 0.3 is 11.9 Å². The van der Waals surface area contributed by atoms with E-state index in [1.807, 2.05) is 0 Å². The first kappa shape index (κ1) is 13.8. The molecule has 0 unspecified atom stereocenters. The number of carbonyl (C=O) groups excluding carboxylic acids is 1. The average molecular weight is 254 g/mol. The van der Waals surface area contributed by atoms with Crippen LogP contribution < -0.4 is 9.47 Å². The van der Waals surface area contributed by atoms with Gasteiger partial charge < -0.3 is 19.3 Å². The van der Waals surface area contributed by atoms with Crippen molar-refractivity contribution < 1.29 is 28.9 Å². The Morgan fingerprint density at radius 3 is 2.33 bits per heavy atom. The molecule has 0 aliphatic heterocycles.